The van der Waals surface area contributed by atoms with Gasteiger partial charge in [-0.2, -0.15) is 0 Å². The molecule has 3 aromatic rings. The normalized spacial score (nSPS) is 15.0. The number of aromatic amines is 1. The van der Waals surface area contributed by atoms with Gasteiger partial charge in [0.1, 0.15) is 28.4 Å². The molecule has 8 heteroatoms. The van der Waals surface area contributed by atoms with E-state index < -0.39 is 11.5 Å². The van der Waals surface area contributed by atoms with Crippen LogP contribution in [-0.2, 0) is 4.79 Å². The average Bonchev–Trinajstić information content (AvgIpc) is 3.00. The molecule has 0 saturated carbocycles. The second kappa shape index (κ2) is 6.56. The van der Waals surface area contributed by atoms with Crippen LogP contribution in [0.25, 0.3) is 11.0 Å². The molecule has 2 aromatic carbocycles. The van der Waals surface area contributed by atoms with Crippen LogP contribution in [0.5, 0.6) is 17.2 Å². The number of carbonyl (C=O) groups is 2. The number of phenolic OH excluding ortho intramolecular Hbond substituents is 1. The van der Waals surface area contributed by atoms with Crippen LogP contribution in [0.15, 0.2) is 36.4 Å². The number of rotatable bonds is 4. The Hall–Kier alpha value is -3.55. The number of imidazole rings is 1. The maximum absolute atomic E-state index is 12.2. The van der Waals surface area contributed by atoms with E-state index >= 15 is 0 Å². The minimum Gasteiger partial charge on any atom is -0.507 e. The summed E-state index contributed by atoms with van der Waals surface area (Å²) < 4.78 is 11.2. The van der Waals surface area contributed by atoms with Crippen molar-refractivity contribution >= 4 is 28.7 Å². The van der Waals surface area contributed by atoms with E-state index in [4.69, 9.17) is 9.47 Å². The number of para-hydroxylation sites is 2. The highest BCUT2D eigenvalue weighted by Gasteiger charge is 2.35. The van der Waals surface area contributed by atoms with E-state index in [1.165, 1.54) is 12.1 Å². The zero-order valence-electron chi connectivity index (χ0n) is 15.4. The Morgan fingerprint density at radius 2 is 2.14 bits per heavy atom. The van der Waals surface area contributed by atoms with Gasteiger partial charge in [-0.25, -0.2) is 4.98 Å². The predicted molar refractivity (Wildman–Crippen MR) is 102 cm³/mol. The third-order valence-corrected chi connectivity index (χ3v) is 4.32. The van der Waals surface area contributed by atoms with E-state index in [2.05, 4.69) is 15.3 Å². The first-order valence-corrected chi connectivity index (χ1v) is 8.77. The zero-order valence-corrected chi connectivity index (χ0v) is 15.4. The number of H-pyrrole nitrogens is 1. The Balaban J connectivity index is 1.45. The second-order valence-electron chi connectivity index (χ2n) is 7.22. The van der Waals surface area contributed by atoms with E-state index in [-0.39, 0.29) is 41.6 Å². The van der Waals surface area contributed by atoms with Gasteiger partial charge in [-0.3, -0.25) is 14.9 Å². The van der Waals surface area contributed by atoms with Crippen molar-refractivity contribution in [1.82, 2.24) is 9.97 Å². The van der Waals surface area contributed by atoms with Crippen LogP contribution in [0.4, 0.5) is 5.95 Å². The largest absolute Gasteiger partial charge is 0.507 e. The van der Waals surface area contributed by atoms with Crippen LogP contribution in [-0.4, -0.2) is 39.0 Å². The lowest BCUT2D eigenvalue weighted by Crippen LogP contribution is -2.35. The van der Waals surface area contributed by atoms with Crippen LogP contribution < -0.4 is 14.8 Å². The van der Waals surface area contributed by atoms with Crippen LogP contribution in [0.1, 0.15) is 30.6 Å². The van der Waals surface area contributed by atoms with Gasteiger partial charge in [0.25, 0.3) is 5.91 Å². The van der Waals surface area contributed by atoms with Crippen molar-refractivity contribution in [2.75, 3.05) is 11.9 Å². The maximum atomic E-state index is 12.2. The molecule has 1 aliphatic rings. The Morgan fingerprint density at radius 1 is 1.36 bits per heavy atom. The number of aromatic hydroxyl groups is 1. The Bertz CT molecular complexity index is 1050. The Kier molecular flexibility index (Phi) is 4.18. The van der Waals surface area contributed by atoms with Crippen molar-refractivity contribution in [2.24, 2.45) is 0 Å². The summed E-state index contributed by atoms with van der Waals surface area (Å²) in [5.74, 6) is -0.0635. The molecule has 1 amide bonds. The molecule has 0 radical (unpaired) electrons. The molecule has 3 N–H and O–H groups in total. The van der Waals surface area contributed by atoms with Gasteiger partial charge in [-0.05, 0) is 26.0 Å². The van der Waals surface area contributed by atoms with Gasteiger partial charge in [-0.15, -0.1) is 0 Å². The molecule has 2 heterocycles. The molecular formula is C20H19N3O5. The molecule has 0 unspecified atom stereocenters. The Morgan fingerprint density at radius 3 is 2.93 bits per heavy atom. The molecule has 28 heavy (non-hydrogen) atoms. The molecule has 0 aliphatic carbocycles. The molecule has 0 saturated heterocycles. The minimum atomic E-state index is -0.673. The third-order valence-electron chi connectivity index (χ3n) is 4.32. The van der Waals surface area contributed by atoms with Gasteiger partial charge in [0.15, 0.2) is 12.4 Å². The summed E-state index contributed by atoms with van der Waals surface area (Å²) in [6.45, 7) is 3.28. The van der Waals surface area contributed by atoms with Gasteiger partial charge in [0, 0.05) is 12.1 Å². The first-order chi connectivity index (χ1) is 13.3. The quantitative estimate of drug-likeness (QED) is 0.640. The molecule has 1 aliphatic heterocycles. The number of nitrogens with zero attached hydrogens (tertiary/aromatic N) is 1. The lowest BCUT2D eigenvalue weighted by molar-refractivity contribution is -0.118. The number of ether oxygens (including phenoxy) is 2. The average molecular weight is 381 g/mol. The van der Waals surface area contributed by atoms with Gasteiger partial charge in [-0.1, -0.05) is 12.1 Å². The topological polar surface area (TPSA) is 114 Å². The second-order valence-corrected chi connectivity index (χ2v) is 7.22. The van der Waals surface area contributed by atoms with Crippen LogP contribution in [0, 0.1) is 0 Å². The van der Waals surface area contributed by atoms with E-state index in [1.807, 2.05) is 24.3 Å². The highest BCUT2D eigenvalue weighted by atomic mass is 16.5. The molecule has 0 spiro atoms. The Labute approximate surface area is 160 Å². The predicted octanol–water partition coefficient (Wildman–Crippen LogP) is 3.03. The van der Waals surface area contributed by atoms with Gasteiger partial charge in [0.05, 0.1) is 17.5 Å². The molecule has 144 valence electrons. The van der Waals surface area contributed by atoms with E-state index in [0.29, 0.717) is 5.95 Å². The standard InChI is InChI=1S/C20H19N3O5/c1-20(2)9-15(25)18-14(24)7-11(8-16(18)28-20)27-10-17(26)23-19-21-12-5-3-4-6-13(12)22-19/h3-8,24H,9-10H2,1-2H3,(H2,21,22,23,26). The van der Waals surface area contributed by atoms with Crippen LogP contribution in [0.3, 0.4) is 0 Å². The summed E-state index contributed by atoms with van der Waals surface area (Å²) in [4.78, 5) is 31.6. The van der Waals surface area contributed by atoms with Gasteiger partial charge >= 0.3 is 0 Å². The SMILES string of the molecule is CC1(C)CC(=O)c2c(O)cc(OCC(=O)Nc3nc4ccccc4[nH]3)cc2O1. The molecular weight excluding hydrogens is 362 g/mol. The number of aromatic nitrogens is 2. The monoisotopic (exact) mass is 381 g/mol. The van der Waals surface area contributed by atoms with Crippen molar-refractivity contribution in [3.8, 4) is 17.2 Å². The number of amides is 1. The maximum Gasteiger partial charge on any atom is 0.264 e. The number of nitrogens with one attached hydrogen (secondary N) is 2. The van der Waals surface area contributed by atoms with E-state index in [0.717, 1.165) is 11.0 Å². The number of Topliss-reactive ketones (excluding diaryl/α,β-unsaturated/α-hetero) is 1. The van der Waals surface area contributed by atoms with Crippen molar-refractivity contribution in [3.05, 3.63) is 42.0 Å². The lowest BCUT2D eigenvalue weighted by Gasteiger charge is -2.32. The summed E-state index contributed by atoms with van der Waals surface area (Å²) in [7, 11) is 0. The summed E-state index contributed by atoms with van der Waals surface area (Å²) in [6.07, 6.45) is 0.174. The van der Waals surface area contributed by atoms with Gasteiger partial charge in [0.2, 0.25) is 5.95 Å². The highest BCUT2D eigenvalue weighted by molar-refractivity contribution is 6.03. The molecule has 4 rings (SSSR count). The van der Waals surface area contributed by atoms with Crippen molar-refractivity contribution in [1.29, 1.82) is 0 Å². The fourth-order valence-corrected chi connectivity index (χ4v) is 3.16. The fraction of sp³-hybridized carbons (Fsp3) is 0.250. The molecule has 0 bridgehead atoms. The summed E-state index contributed by atoms with van der Waals surface area (Å²) in [6, 6.07) is 10.2. The van der Waals surface area contributed by atoms with E-state index in [9.17, 15) is 14.7 Å². The molecule has 0 fully saturated rings. The number of phenols is 1. The van der Waals surface area contributed by atoms with Crippen LogP contribution in [0.2, 0.25) is 0 Å². The number of carbonyl (C=O) groups excluding carboxylic acids is 2. The molecule has 1 aromatic heterocycles. The highest BCUT2D eigenvalue weighted by Crippen LogP contribution is 2.40. The zero-order chi connectivity index (χ0) is 19.9. The van der Waals surface area contributed by atoms with E-state index in [1.54, 1.807) is 13.8 Å². The van der Waals surface area contributed by atoms with Crippen molar-refractivity contribution in [3.63, 3.8) is 0 Å². The molecule has 0 atom stereocenters. The van der Waals surface area contributed by atoms with Crippen molar-refractivity contribution in [2.45, 2.75) is 25.9 Å². The summed E-state index contributed by atoms with van der Waals surface area (Å²) in [5.41, 5.74) is 1.01. The molecule has 8 nitrogen and oxygen atoms in total. The van der Waals surface area contributed by atoms with Gasteiger partial charge < -0.3 is 19.6 Å². The fourth-order valence-electron chi connectivity index (χ4n) is 3.16. The summed E-state index contributed by atoms with van der Waals surface area (Å²) in [5, 5.41) is 12.8. The smallest absolute Gasteiger partial charge is 0.264 e. The van der Waals surface area contributed by atoms with Crippen molar-refractivity contribution < 1.29 is 24.2 Å². The number of hydrogen-bond acceptors (Lipinski definition) is 6. The number of anilines is 1. The lowest BCUT2D eigenvalue weighted by atomic mass is 9.92. The first kappa shape index (κ1) is 17.8. The minimum absolute atomic E-state index is 0.137. The summed E-state index contributed by atoms with van der Waals surface area (Å²) >= 11 is 0. The third kappa shape index (κ3) is 3.48. The number of fused-ring (bicyclic) bond motifs is 2. The number of benzene rings is 2. The van der Waals surface area contributed by atoms with Crippen LogP contribution >= 0.6 is 0 Å². The number of hydrogen-bond donors (Lipinski definition) is 3. The first-order valence-electron chi connectivity index (χ1n) is 8.77. The number of ketones is 1.